The molecule has 1 fully saturated rings. The lowest BCUT2D eigenvalue weighted by Crippen LogP contribution is -2.40. The molecule has 0 aromatic heterocycles. The molecule has 0 bridgehead atoms. The summed E-state index contributed by atoms with van der Waals surface area (Å²) in [7, 11) is 0. The Labute approximate surface area is 109 Å². The smallest absolute Gasteiger partial charge is 0.0771 e. The van der Waals surface area contributed by atoms with Gasteiger partial charge in [0.15, 0.2) is 0 Å². The molecule has 2 aliphatic rings. The Morgan fingerprint density at radius 1 is 1.28 bits per heavy atom. The number of rotatable bonds is 3. The molecule has 3 rings (SSSR count). The van der Waals surface area contributed by atoms with Gasteiger partial charge in [-0.2, -0.15) is 0 Å². The summed E-state index contributed by atoms with van der Waals surface area (Å²) in [5.41, 5.74) is 2.46. The summed E-state index contributed by atoms with van der Waals surface area (Å²) >= 11 is 0. The number of hydrogen-bond acceptors (Lipinski definition) is 2. The van der Waals surface area contributed by atoms with Crippen molar-refractivity contribution in [2.45, 2.75) is 50.7 Å². The lowest BCUT2D eigenvalue weighted by atomic mass is 9.98. The highest BCUT2D eigenvalue weighted by molar-refractivity contribution is 5.35. The van der Waals surface area contributed by atoms with Crippen molar-refractivity contribution in [2.24, 2.45) is 5.92 Å². The third kappa shape index (κ3) is 2.19. The van der Waals surface area contributed by atoms with Crippen molar-refractivity contribution in [2.75, 3.05) is 6.54 Å². The number of benzene rings is 1. The van der Waals surface area contributed by atoms with E-state index >= 15 is 0 Å². The van der Waals surface area contributed by atoms with Gasteiger partial charge in [0.2, 0.25) is 0 Å². The van der Waals surface area contributed by atoms with E-state index in [1.54, 1.807) is 0 Å². The normalized spacial score (nSPS) is 29.4. The second kappa shape index (κ2) is 4.67. The minimum atomic E-state index is -0.447. The molecule has 0 saturated heterocycles. The number of fused-ring (bicyclic) bond motifs is 1. The first-order valence-corrected chi connectivity index (χ1v) is 7.22. The van der Waals surface area contributed by atoms with Gasteiger partial charge in [0.05, 0.1) is 5.60 Å². The molecule has 2 nitrogen and oxygen atoms in total. The predicted molar refractivity (Wildman–Crippen MR) is 73.5 cm³/mol. The van der Waals surface area contributed by atoms with Gasteiger partial charge in [-0.1, -0.05) is 44.0 Å². The van der Waals surface area contributed by atoms with Crippen LogP contribution in [0.3, 0.4) is 0 Å². The van der Waals surface area contributed by atoms with E-state index in [4.69, 9.17) is 0 Å². The largest absolute Gasteiger partial charge is 0.389 e. The Hall–Kier alpha value is -0.860. The van der Waals surface area contributed by atoms with Crippen LogP contribution in [0.15, 0.2) is 24.3 Å². The zero-order chi connectivity index (χ0) is 12.6. The van der Waals surface area contributed by atoms with Crippen molar-refractivity contribution in [3.05, 3.63) is 35.4 Å². The average Bonchev–Trinajstić information content (AvgIpc) is 2.91. The number of aliphatic hydroxyl groups is 1. The summed E-state index contributed by atoms with van der Waals surface area (Å²) in [5.74, 6) is 0.632. The maximum atomic E-state index is 10.4. The van der Waals surface area contributed by atoms with Crippen LogP contribution in [-0.2, 0) is 6.42 Å². The van der Waals surface area contributed by atoms with Gasteiger partial charge in [-0.15, -0.1) is 0 Å². The predicted octanol–water partition coefficient (Wildman–Crippen LogP) is 2.81. The summed E-state index contributed by atoms with van der Waals surface area (Å²) in [5, 5.41) is 14.0. The van der Waals surface area contributed by atoms with Crippen molar-refractivity contribution in [1.82, 2.24) is 5.32 Å². The van der Waals surface area contributed by atoms with E-state index in [0.717, 1.165) is 25.8 Å². The molecule has 0 amide bonds. The Balaban J connectivity index is 1.69. The van der Waals surface area contributed by atoms with Crippen LogP contribution in [0.25, 0.3) is 0 Å². The molecular weight excluding hydrogens is 222 g/mol. The standard InChI is InChI=1S/C16H23NO/c1-12-10-13-6-2-3-7-14(13)15(12)17-11-16(18)8-4-5-9-16/h2-3,6-7,12,15,17-18H,4-5,8-11H2,1H3. The van der Waals surface area contributed by atoms with Crippen LogP contribution < -0.4 is 5.32 Å². The van der Waals surface area contributed by atoms with Crippen molar-refractivity contribution in [1.29, 1.82) is 0 Å². The van der Waals surface area contributed by atoms with Gasteiger partial charge in [-0.3, -0.25) is 0 Å². The van der Waals surface area contributed by atoms with Gasteiger partial charge in [-0.25, -0.2) is 0 Å². The lowest BCUT2D eigenvalue weighted by molar-refractivity contribution is 0.0433. The van der Waals surface area contributed by atoms with E-state index in [9.17, 15) is 5.11 Å². The van der Waals surface area contributed by atoms with E-state index in [-0.39, 0.29) is 0 Å². The van der Waals surface area contributed by atoms with E-state index in [0.29, 0.717) is 12.0 Å². The molecule has 18 heavy (non-hydrogen) atoms. The Morgan fingerprint density at radius 2 is 2.00 bits per heavy atom. The maximum absolute atomic E-state index is 10.4. The highest BCUT2D eigenvalue weighted by Crippen LogP contribution is 2.37. The highest BCUT2D eigenvalue weighted by atomic mass is 16.3. The minimum Gasteiger partial charge on any atom is -0.389 e. The van der Waals surface area contributed by atoms with E-state index in [2.05, 4.69) is 36.5 Å². The van der Waals surface area contributed by atoms with Crippen LogP contribution in [0.5, 0.6) is 0 Å². The first kappa shape index (κ1) is 12.2. The molecule has 0 heterocycles. The fraction of sp³-hybridized carbons (Fsp3) is 0.625. The second-order valence-electron chi connectivity index (χ2n) is 6.17. The van der Waals surface area contributed by atoms with Gasteiger partial charge in [0.1, 0.15) is 0 Å². The molecule has 1 aromatic rings. The first-order chi connectivity index (χ1) is 8.68. The summed E-state index contributed by atoms with van der Waals surface area (Å²) in [6.07, 6.45) is 5.43. The molecule has 98 valence electrons. The molecule has 1 saturated carbocycles. The van der Waals surface area contributed by atoms with Crippen molar-refractivity contribution >= 4 is 0 Å². The van der Waals surface area contributed by atoms with Gasteiger partial charge in [0, 0.05) is 12.6 Å². The zero-order valence-electron chi connectivity index (χ0n) is 11.2. The van der Waals surface area contributed by atoms with Gasteiger partial charge in [-0.05, 0) is 36.3 Å². The molecule has 0 spiro atoms. The fourth-order valence-electron chi connectivity index (χ4n) is 3.62. The van der Waals surface area contributed by atoms with Crippen molar-refractivity contribution in [3.8, 4) is 0 Å². The van der Waals surface area contributed by atoms with Crippen molar-refractivity contribution in [3.63, 3.8) is 0 Å². The molecule has 2 atom stereocenters. The molecule has 2 aliphatic carbocycles. The summed E-state index contributed by atoms with van der Waals surface area (Å²) in [6, 6.07) is 9.13. The average molecular weight is 245 g/mol. The van der Waals surface area contributed by atoms with Crippen LogP contribution in [0, 0.1) is 5.92 Å². The zero-order valence-corrected chi connectivity index (χ0v) is 11.2. The molecular formula is C16H23NO. The molecule has 1 aromatic carbocycles. The fourth-order valence-corrected chi connectivity index (χ4v) is 3.62. The van der Waals surface area contributed by atoms with Gasteiger partial charge < -0.3 is 10.4 Å². The Morgan fingerprint density at radius 3 is 2.78 bits per heavy atom. The summed E-state index contributed by atoms with van der Waals surface area (Å²) in [4.78, 5) is 0. The van der Waals surface area contributed by atoms with Gasteiger partial charge in [0.25, 0.3) is 0 Å². The molecule has 0 radical (unpaired) electrons. The minimum absolute atomic E-state index is 0.422. The van der Waals surface area contributed by atoms with Crippen LogP contribution in [0.2, 0.25) is 0 Å². The van der Waals surface area contributed by atoms with Crippen LogP contribution >= 0.6 is 0 Å². The number of hydrogen-bond donors (Lipinski definition) is 2. The summed E-state index contributed by atoms with van der Waals surface area (Å²) in [6.45, 7) is 3.05. The van der Waals surface area contributed by atoms with E-state index in [1.807, 2.05) is 0 Å². The van der Waals surface area contributed by atoms with Crippen molar-refractivity contribution < 1.29 is 5.11 Å². The SMILES string of the molecule is CC1Cc2ccccc2C1NCC1(O)CCCC1. The maximum Gasteiger partial charge on any atom is 0.0771 e. The topological polar surface area (TPSA) is 32.3 Å². The first-order valence-electron chi connectivity index (χ1n) is 7.22. The summed E-state index contributed by atoms with van der Waals surface area (Å²) < 4.78 is 0. The van der Waals surface area contributed by atoms with Crippen LogP contribution in [0.1, 0.15) is 49.8 Å². The lowest BCUT2D eigenvalue weighted by Gasteiger charge is -2.27. The van der Waals surface area contributed by atoms with E-state index < -0.39 is 5.60 Å². The molecule has 2 N–H and O–H groups in total. The van der Waals surface area contributed by atoms with E-state index in [1.165, 1.54) is 24.0 Å². The highest BCUT2D eigenvalue weighted by Gasteiger charge is 2.34. The third-order valence-electron chi connectivity index (χ3n) is 4.69. The quantitative estimate of drug-likeness (QED) is 0.858. The van der Waals surface area contributed by atoms with Gasteiger partial charge >= 0.3 is 0 Å². The molecule has 2 heteroatoms. The van der Waals surface area contributed by atoms with Crippen LogP contribution in [-0.4, -0.2) is 17.3 Å². The second-order valence-corrected chi connectivity index (χ2v) is 6.17. The Kier molecular flexibility index (Phi) is 3.16. The molecule has 2 unspecified atom stereocenters. The Bertz CT molecular complexity index is 423. The monoisotopic (exact) mass is 245 g/mol. The molecule has 0 aliphatic heterocycles. The third-order valence-corrected chi connectivity index (χ3v) is 4.69. The number of nitrogens with one attached hydrogen (secondary N) is 1. The van der Waals surface area contributed by atoms with Crippen LogP contribution in [0.4, 0.5) is 0 Å².